The Labute approximate surface area is 126 Å². The topological polar surface area (TPSA) is 68.0 Å². The zero-order chi connectivity index (χ0) is 14.5. The lowest BCUT2D eigenvalue weighted by Crippen LogP contribution is -2.22. The average Bonchev–Trinajstić information content (AvgIpc) is 2.85. The van der Waals surface area contributed by atoms with Crippen molar-refractivity contribution in [2.45, 2.75) is 19.8 Å². The number of hydrogen-bond donors (Lipinski definition) is 1. The van der Waals surface area contributed by atoms with Crippen molar-refractivity contribution < 1.29 is 9.32 Å². The summed E-state index contributed by atoms with van der Waals surface area (Å²) in [6.07, 6.45) is 0.673. The smallest absolute Gasteiger partial charge is 0.227 e. The van der Waals surface area contributed by atoms with Gasteiger partial charge in [-0.05, 0) is 19.1 Å². The molecule has 0 bridgehead atoms. The molecule has 2 aromatic rings. The van der Waals surface area contributed by atoms with Gasteiger partial charge in [-0.15, -0.1) is 0 Å². The van der Waals surface area contributed by atoms with Crippen LogP contribution in [-0.2, 0) is 11.2 Å². The molecule has 2 rings (SSSR count). The van der Waals surface area contributed by atoms with E-state index in [1.165, 1.54) is 0 Å². The van der Waals surface area contributed by atoms with E-state index in [0.29, 0.717) is 46.7 Å². The molecule has 0 unspecified atom stereocenters. The van der Waals surface area contributed by atoms with E-state index in [9.17, 15) is 4.79 Å². The molecule has 0 atom stereocenters. The Hall–Kier alpha value is -1.59. The van der Waals surface area contributed by atoms with E-state index in [-0.39, 0.29) is 5.91 Å². The molecule has 0 aliphatic rings. The second kappa shape index (κ2) is 6.72. The highest BCUT2D eigenvalue weighted by Crippen LogP contribution is 2.32. The Bertz CT molecular complexity index is 593. The molecule has 1 amide bonds. The maximum Gasteiger partial charge on any atom is 0.227 e. The number of aromatic nitrogens is 2. The van der Waals surface area contributed by atoms with Crippen molar-refractivity contribution in [3.63, 3.8) is 0 Å². The number of benzene rings is 1. The fourth-order valence-corrected chi connectivity index (χ4v) is 2.24. The van der Waals surface area contributed by atoms with Crippen molar-refractivity contribution in [3.8, 4) is 11.4 Å². The molecule has 1 aromatic carbocycles. The number of nitrogens with one attached hydrogen (secondary N) is 1. The van der Waals surface area contributed by atoms with Gasteiger partial charge in [0.2, 0.25) is 17.6 Å². The average molecular weight is 314 g/mol. The van der Waals surface area contributed by atoms with Crippen LogP contribution in [0.15, 0.2) is 22.7 Å². The van der Waals surface area contributed by atoms with Gasteiger partial charge < -0.3 is 9.84 Å². The summed E-state index contributed by atoms with van der Waals surface area (Å²) in [5, 5.41) is 7.45. The minimum absolute atomic E-state index is 0.0528. The lowest BCUT2D eigenvalue weighted by molar-refractivity contribution is -0.121. The number of nitrogens with zero attached hydrogens (tertiary/aromatic N) is 2. The van der Waals surface area contributed by atoms with Crippen LogP contribution in [0.4, 0.5) is 0 Å². The quantitative estimate of drug-likeness (QED) is 0.921. The Morgan fingerprint density at radius 1 is 1.35 bits per heavy atom. The van der Waals surface area contributed by atoms with E-state index < -0.39 is 0 Å². The van der Waals surface area contributed by atoms with Crippen molar-refractivity contribution in [1.29, 1.82) is 0 Å². The monoisotopic (exact) mass is 313 g/mol. The summed E-state index contributed by atoms with van der Waals surface area (Å²) < 4.78 is 5.10. The summed E-state index contributed by atoms with van der Waals surface area (Å²) in [7, 11) is 0. The number of rotatable bonds is 5. The van der Waals surface area contributed by atoms with Gasteiger partial charge in [-0.1, -0.05) is 34.4 Å². The van der Waals surface area contributed by atoms with E-state index in [4.69, 9.17) is 27.7 Å². The first-order valence-corrected chi connectivity index (χ1v) is 6.91. The Balaban J connectivity index is 2.11. The zero-order valence-electron chi connectivity index (χ0n) is 10.8. The zero-order valence-corrected chi connectivity index (χ0v) is 12.3. The molecular formula is C13H13Cl2N3O2. The molecule has 0 aliphatic heterocycles. The van der Waals surface area contributed by atoms with Gasteiger partial charge in [0.1, 0.15) is 0 Å². The number of amides is 1. The Kier molecular flexibility index (Phi) is 4.98. The largest absolute Gasteiger partial charge is 0.356 e. The van der Waals surface area contributed by atoms with Gasteiger partial charge in [0.05, 0.1) is 15.6 Å². The fourth-order valence-electron chi connectivity index (χ4n) is 1.68. The van der Waals surface area contributed by atoms with Gasteiger partial charge in [0.25, 0.3) is 0 Å². The van der Waals surface area contributed by atoms with Crippen molar-refractivity contribution >= 4 is 29.1 Å². The highest BCUT2D eigenvalue weighted by Gasteiger charge is 2.15. The molecule has 5 nitrogen and oxygen atoms in total. The molecule has 0 aliphatic carbocycles. The summed E-state index contributed by atoms with van der Waals surface area (Å²) in [5.74, 6) is 0.650. The highest BCUT2D eigenvalue weighted by atomic mass is 35.5. The summed E-state index contributed by atoms with van der Waals surface area (Å²) in [4.78, 5) is 15.6. The summed E-state index contributed by atoms with van der Waals surface area (Å²) in [6, 6.07) is 5.14. The number of hydrogen-bond acceptors (Lipinski definition) is 4. The van der Waals surface area contributed by atoms with Crippen LogP contribution in [0.25, 0.3) is 11.4 Å². The van der Waals surface area contributed by atoms with E-state index >= 15 is 0 Å². The van der Waals surface area contributed by atoms with Gasteiger partial charge in [-0.25, -0.2) is 0 Å². The van der Waals surface area contributed by atoms with Crippen LogP contribution < -0.4 is 5.32 Å². The maximum absolute atomic E-state index is 11.4. The normalized spacial score (nSPS) is 10.6. The summed E-state index contributed by atoms with van der Waals surface area (Å²) in [6.45, 7) is 2.46. The van der Waals surface area contributed by atoms with Gasteiger partial charge in [-0.2, -0.15) is 4.98 Å². The summed E-state index contributed by atoms with van der Waals surface area (Å²) >= 11 is 12.1. The molecule has 0 saturated heterocycles. The van der Waals surface area contributed by atoms with Crippen LogP contribution in [-0.4, -0.2) is 22.6 Å². The molecule has 0 saturated carbocycles. The number of carbonyl (C=O) groups is 1. The van der Waals surface area contributed by atoms with Crippen LogP contribution in [0.5, 0.6) is 0 Å². The molecule has 0 radical (unpaired) electrons. The third-order valence-corrected chi connectivity index (χ3v) is 3.22. The number of carbonyl (C=O) groups excluding carboxylic acids is 1. The minimum atomic E-state index is -0.0528. The van der Waals surface area contributed by atoms with Gasteiger partial charge >= 0.3 is 0 Å². The Morgan fingerprint density at radius 2 is 2.05 bits per heavy atom. The molecule has 7 heteroatoms. The molecule has 0 fully saturated rings. The first-order chi connectivity index (χ1) is 9.61. The second-order valence-corrected chi connectivity index (χ2v) is 4.88. The predicted molar refractivity (Wildman–Crippen MR) is 76.8 cm³/mol. The molecule has 1 heterocycles. The van der Waals surface area contributed by atoms with Crippen molar-refractivity contribution in [2.75, 3.05) is 6.54 Å². The van der Waals surface area contributed by atoms with Crippen molar-refractivity contribution in [2.24, 2.45) is 0 Å². The molecule has 1 aromatic heterocycles. The van der Waals surface area contributed by atoms with Crippen LogP contribution in [0.2, 0.25) is 10.0 Å². The molecule has 106 valence electrons. The fraction of sp³-hybridized carbons (Fsp3) is 0.308. The molecule has 1 N–H and O–H groups in total. The maximum atomic E-state index is 11.4. The van der Waals surface area contributed by atoms with Crippen LogP contribution in [0.1, 0.15) is 19.2 Å². The Morgan fingerprint density at radius 3 is 2.70 bits per heavy atom. The van der Waals surface area contributed by atoms with Gasteiger partial charge in [0.15, 0.2) is 0 Å². The lowest BCUT2D eigenvalue weighted by atomic mass is 10.2. The van der Waals surface area contributed by atoms with Crippen LogP contribution in [0, 0.1) is 0 Å². The second-order valence-electron chi connectivity index (χ2n) is 4.06. The lowest BCUT2D eigenvalue weighted by Gasteiger charge is -2.00. The van der Waals surface area contributed by atoms with E-state index in [1.54, 1.807) is 18.2 Å². The van der Waals surface area contributed by atoms with Crippen molar-refractivity contribution in [1.82, 2.24) is 15.5 Å². The first kappa shape index (κ1) is 14.8. The SMILES string of the molecule is CCNC(=O)CCc1nc(-c2c(Cl)cccc2Cl)no1. The predicted octanol–water partition coefficient (Wildman–Crippen LogP) is 3.11. The number of aryl methyl sites for hydroxylation is 1. The first-order valence-electron chi connectivity index (χ1n) is 6.15. The summed E-state index contributed by atoms with van der Waals surface area (Å²) in [5.41, 5.74) is 0.531. The standard InChI is InChI=1S/C13H13Cl2N3O2/c1-2-16-10(19)6-7-11-17-13(18-20-11)12-8(14)4-3-5-9(12)15/h3-5H,2,6-7H2,1H3,(H,16,19). The third-order valence-electron chi connectivity index (χ3n) is 2.59. The van der Waals surface area contributed by atoms with Crippen LogP contribution >= 0.6 is 23.2 Å². The molecule has 20 heavy (non-hydrogen) atoms. The van der Waals surface area contributed by atoms with Gasteiger partial charge in [0, 0.05) is 19.4 Å². The van der Waals surface area contributed by atoms with Crippen LogP contribution in [0.3, 0.4) is 0 Å². The highest BCUT2D eigenvalue weighted by molar-refractivity contribution is 6.38. The third kappa shape index (κ3) is 3.49. The van der Waals surface area contributed by atoms with E-state index in [0.717, 1.165) is 0 Å². The van der Waals surface area contributed by atoms with E-state index in [1.807, 2.05) is 6.92 Å². The van der Waals surface area contributed by atoms with Crippen molar-refractivity contribution in [3.05, 3.63) is 34.1 Å². The van der Waals surface area contributed by atoms with Gasteiger partial charge in [-0.3, -0.25) is 4.79 Å². The number of halogens is 2. The molecular weight excluding hydrogens is 301 g/mol. The molecule has 0 spiro atoms. The van der Waals surface area contributed by atoms with E-state index in [2.05, 4.69) is 15.5 Å². The minimum Gasteiger partial charge on any atom is -0.356 e.